The zero-order valence-electron chi connectivity index (χ0n) is 22.0. The molecule has 0 bridgehead atoms. The number of fused-ring (bicyclic) bond motifs is 1. The fourth-order valence-electron chi connectivity index (χ4n) is 4.81. The molecule has 3 aromatic heterocycles. The van der Waals surface area contributed by atoms with Crippen molar-refractivity contribution < 1.29 is 18.6 Å². The third-order valence-electron chi connectivity index (χ3n) is 6.76. The Hall–Kier alpha value is -4.51. The van der Waals surface area contributed by atoms with Crippen molar-refractivity contribution in [2.24, 2.45) is 4.99 Å². The van der Waals surface area contributed by atoms with Crippen molar-refractivity contribution in [1.29, 1.82) is 0 Å². The van der Waals surface area contributed by atoms with Gasteiger partial charge in [0.25, 0.3) is 11.2 Å². The molecule has 5 aromatic rings. The van der Waals surface area contributed by atoms with Crippen LogP contribution in [0.2, 0.25) is 10.0 Å². The Morgan fingerprint density at radius 2 is 1.69 bits per heavy atom. The quantitative estimate of drug-likeness (QED) is 0.157. The lowest BCUT2D eigenvalue weighted by atomic mass is 9.98. The number of nitrogens with zero attached hydrogens (tertiary/aromatic N) is 3. The molecule has 12 heteroatoms. The zero-order valence-corrected chi connectivity index (χ0v) is 24.3. The van der Waals surface area contributed by atoms with E-state index in [1.165, 1.54) is 23.6 Å². The van der Waals surface area contributed by atoms with E-state index >= 15 is 0 Å². The molecule has 0 N–H and O–H groups in total. The first-order valence-corrected chi connectivity index (χ1v) is 14.1. The number of nitro benzene ring substituents is 1. The molecule has 4 heterocycles. The number of hydrogen-bond donors (Lipinski definition) is 0. The topological polar surface area (TPSA) is 121 Å². The first kappa shape index (κ1) is 27.6. The highest BCUT2D eigenvalue weighted by molar-refractivity contribution is 7.07. The number of Topliss-reactive ketones (excluding diaryl/α,β-unsaturated/α-hetero) is 1. The van der Waals surface area contributed by atoms with Crippen LogP contribution >= 0.6 is 34.5 Å². The van der Waals surface area contributed by atoms with Crippen LogP contribution in [-0.2, 0) is 4.79 Å². The smallest absolute Gasteiger partial charge is 0.271 e. The highest BCUT2D eigenvalue weighted by Gasteiger charge is 2.33. The molecule has 42 heavy (non-hydrogen) atoms. The van der Waals surface area contributed by atoms with E-state index in [-0.39, 0.29) is 17.0 Å². The Labute approximate surface area is 251 Å². The van der Waals surface area contributed by atoms with Crippen molar-refractivity contribution in [3.63, 3.8) is 0 Å². The molecule has 0 saturated carbocycles. The van der Waals surface area contributed by atoms with Crippen molar-refractivity contribution in [3.8, 4) is 22.6 Å². The summed E-state index contributed by atoms with van der Waals surface area (Å²) in [5, 5.41) is 11.7. The van der Waals surface area contributed by atoms with E-state index in [1.807, 2.05) is 0 Å². The molecular weight excluding hydrogens is 601 g/mol. The van der Waals surface area contributed by atoms with Crippen LogP contribution in [0.25, 0.3) is 28.7 Å². The van der Waals surface area contributed by atoms with Gasteiger partial charge < -0.3 is 8.83 Å². The van der Waals surface area contributed by atoms with Gasteiger partial charge in [-0.3, -0.25) is 24.3 Å². The average Bonchev–Trinajstić information content (AvgIpc) is 3.70. The summed E-state index contributed by atoms with van der Waals surface area (Å²) in [4.78, 5) is 42.0. The Kier molecular flexibility index (Phi) is 7.05. The summed E-state index contributed by atoms with van der Waals surface area (Å²) in [6, 6.07) is 17.2. The summed E-state index contributed by atoms with van der Waals surface area (Å²) in [5.41, 5.74) is 1.79. The number of hydrogen-bond acceptors (Lipinski definition) is 8. The number of rotatable bonds is 6. The van der Waals surface area contributed by atoms with Gasteiger partial charge in [0.15, 0.2) is 10.6 Å². The molecule has 210 valence electrons. The molecule has 9 nitrogen and oxygen atoms in total. The van der Waals surface area contributed by atoms with Gasteiger partial charge in [-0.2, -0.15) is 0 Å². The van der Waals surface area contributed by atoms with Gasteiger partial charge >= 0.3 is 0 Å². The number of thiazole rings is 1. The fourth-order valence-corrected chi connectivity index (χ4v) is 6.13. The van der Waals surface area contributed by atoms with Gasteiger partial charge in [-0.15, -0.1) is 0 Å². The minimum absolute atomic E-state index is 0.0259. The van der Waals surface area contributed by atoms with E-state index < -0.39 is 11.0 Å². The maximum atomic E-state index is 13.8. The number of nitro groups is 1. The molecule has 0 radical (unpaired) electrons. The highest BCUT2D eigenvalue weighted by atomic mass is 35.5. The maximum absolute atomic E-state index is 13.8. The molecule has 0 amide bonds. The van der Waals surface area contributed by atoms with Crippen LogP contribution in [0.1, 0.15) is 31.4 Å². The number of carbonyl (C=O) groups excluding carboxylic acids is 1. The number of carbonyl (C=O) groups is 1. The molecule has 0 saturated heterocycles. The van der Waals surface area contributed by atoms with Crippen molar-refractivity contribution in [1.82, 2.24) is 4.57 Å². The molecule has 0 fully saturated rings. The second-order valence-electron chi connectivity index (χ2n) is 9.47. The lowest BCUT2D eigenvalue weighted by Crippen LogP contribution is -2.39. The molecule has 6 rings (SSSR count). The summed E-state index contributed by atoms with van der Waals surface area (Å²) >= 11 is 13.4. The van der Waals surface area contributed by atoms with Gasteiger partial charge in [-0.1, -0.05) is 34.5 Å². The number of benzene rings is 2. The summed E-state index contributed by atoms with van der Waals surface area (Å²) in [5.74, 6) is 1.55. The molecule has 0 spiro atoms. The first-order valence-electron chi connectivity index (χ1n) is 12.5. The molecule has 1 atom stereocenters. The van der Waals surface area contributed by atoms with E-state index in [0.717, 1.165) is 11.3 Å². The maximum Gasteiger partial charge on any atom is 0.271 e. The van der Waals surface area contributed by atoms with Gasteiger partial charge in [-0.25, -0.2) is 4.99 Å². The predicted octanol–water partition coefficient (Wildman–Crippen LogP) is 6.56. The Morgan fingerprint density at radius 3 is 2.38 bits per heavy atom. The molecule has 0 unspecified atom stereocenters. The van der Waals surface area contributed by atoms with Gasteiger partial charge in [0.2, 0.25) is 0 Å². The average molecular weight is 620 g/mol. The normalized spacial score (nSPS) is 15.0. The van der Waals surface area contributed by atoms with E-state index in [9.17, 15) is 19.7 Å². The van der Waals surface area contributed by atoms with Crippen molar-refractivity contribution in [2.45, 2.75) is 19.9 Å². The zero-order chi connectivity index (χ0) is 29.7. The van der Waals surface area contributed by atoms with E-state index in [4.69, 9.17) is 32.0 Å². The van der Waals surface area contributed by atoms with Crippen LogP contribution in [0.4, 0.5) is 5.69 Å². The Morgan fingerprint density at radius 1 is 1.00 bits per heavy atom. The lowest BCUT2D eigenvalue weighted by Gasteiger charge is -2.22. The summed E-state index contributed by atoms with van der Waals surface area (Å²) in [6.07, 6.45) is 1.60. The van der Waals surface area contributed by atoms with Crippen LogP contribution in [0.15, 0.2) is 96.6 Å². The fraction of sp³-hybridized carbons (Fsp3) is 0.100. The lowest BCUT2D eigenvalue weighted by molar-refractivity contribution is -0.384. The van der Waals surface area contributed by atoms with Gasteiger partial charge in [0, 0.05) is 40.6 Å². The molecule has 1 aliphatic rings. The Bertz CT molecular complexity index is 2120. The van der Waals surface area contributed by atoms with Gasteiger partial charge in [0.1, 0.15) is 29.1 Å². The number of ketones is 1. The molecule has 1 aliphatic heterocycles. The van der Waals surface area contributed by atoms with Gasteiger partial charge in [0.05, 0.1) is 19.5 Å². The van der Waals surface area contributed by atoms with Crippen LogP contribution in [0, 0.1) is 10.1 Å². The minimum atomic E-state index is -0.829. The van der Waals surface area contributed by atoms with E-state index in [2.05, 4.69) is 4.99 Å². The number of aromatic nitrogens is 1. The number of halogens is 2. The van der Waals surface area contributed by atoms with Gasteiger partial charge in [-0.05, 0) is 68.4 Å². The number of furan rings is 2. The van der Waals surface area contributed by atoms with Crippen molar-refractivity contribution in [3.05, 3.63) is 129 Å². The molecular formula is C30H19Cl2N3O6S. The third kappa shape index (κ3) is 4.94. The van der Waals surface area contributed by atoms with E-state index in [1.54, 1.807) is 67.6 Å². The second-order valence-corrected chi connectivity index (χ2v) is 11.3. The van der Waals surface area contributed by atoms with Crippen LogP contribution in [0.5, 0.6) is 0 Å². The SMILES string of the molecule is CC(=O)C1=C(C)N=c2s/c(=C/c3ccc(-c4ccc([N+](=O)[O-])cc4)o3)c(=O)n2[C@H]1c1ccc(-c2ccc(Cl)c(Cl)c2)o1. The largest absolute Gasteiger partial charge is 0.458 e. The summed E-state index contributed by atoms with van der Waals surface area (Å²) in [7, 11) is 0. The van der Waals surface area contributed by atoms with Crippen LogP contribution in [0.3, 0.4) is 0 Å². The monoisotopic (exact) mass is 619 g/mol. The van der Waals surface area contributed by atoms with Crippen molar-refractivity contribution in [2.75, 3.05) is 0 Å². The highest BCUT2D eigenvalue weighted by Crippen LogP contribution is 2.35. The molecule has 0 aliphatic carbocycles. The van der Waals surface area contributed by atoms with Crippen LogP contribution in [-0.4, -0.2) is 15.3 Å². The predicted molar refractivity (Wildman–Crippen MR) is 159 cm³/mol. The third-order valence-corrected chi connectivity index (χ3v) is 8.49. The van der Waals surface area contributed by atoms with Crippen molar-refractivity contribution >= 4 is 52.1 Å². The summed E-state index contributed by atoms with van der Waals surface area (Å²) < 4.78 is 13.9. The standard InChI is InChI=1S/C30H19Cl2N3O6S/c1-15-27(16(2)36)28(25-12-11-24(41-25)18-5-9-21(31)22(32)13-18)34-29(37)26(42-30(34)33-15)14-20-8-10-23(40-20)17-3-6-19(7-4-17)35(38)39/h3-14,28H,1-2H3/b26-14+/t28-/m0/s1. The number of allylic oxidation sites excluding steroid dienone is 2. The minimum Gasteiger partial charge on any atom is -0.458 e. The number of non-ortho nitro benzene ring substituents is 1. The second kappa shape index (κ2) is 10.7. The summed E-state index contributed by atoms with van der Waals surface area (Å²) in [6.45, 7) is 3.16. The van der Waals surface area contributed by atoms with E-state index in [0.29, 0.717) is 64.8 Å². The van der Waals surface area contributed by atoms with Crippen LogP contribution < -0.4 is 14.9 Å². The molecule has 2 aromatic carbocycles. The Balaban J connectivity index is 1.42. The first-order chi connectivity index (χ1) is 20.1.